The van der Waals surface area contributed by atoms with Crippen molar-refractivity contribution in [2.24, 2.45) is 0 Å². The predicted molar refractivity (Wildman–Crippen MR) is 93.3 cm³/mol. The van der Waals surface area contributed by atoms with Crippen LogP contribution in [0.1, 0.15) is 23.9 Å². The smallest absolute Gasteiger partial charge is 0.277 e. The molecule has 3 rings (SSSR count). The van der Waals surface area contributed by atoms with Crippen molar-refractivity contribution in [3.05, 3.63) is 47.9 Å². The number of aryl methyl sites for hydroxylation is 2. The summed E-state index contributed by atoms with van der Waals surface area (Å²) in [6, 6.07) is 5.82. The van der Waals surface area contributed by atoms with Crippen LogP contribution in [0.4, 0.5) is 5.69 Å². The van der Waals surface area contributed by atoms with Crippen LogP contribution >= 0.6 is 11.8 Å². The molecule has 0 radical (unpaired) electrons. The Morgan fingerprint density at radius 1 is 1.32 bits per heavy atom. The summed E-state index contributed by atoms with van der Waals surface area (Å²) >= 11 is 1.21. The van der Waals surface area contributed by atoms with Gasteiger partial charge in [0.15, 0.2) is 0 Å². The van der Waals surface area contributed by atoms with Crippen molar-refractivity contribution in [3.8, 4) is 0 Å². The van der Waals surface area contributed by atoms with Gasteiger partial charge in [-0.2, -0.15) is 5.10 Å². The van der Waals surface area contributed by atoms with Crippen LogP contribution in [0.5, 0.6) is 0 Å². The molecule has 0 aliphatic carbocycles. The van der Waals surface area contributed by atoms with Crippen molar-refractivity contribution in [2.75, 3.05) is 5.32 Å². The molecule has 25 heavy (non-hydrogen) atoms. The maximum absolute atomic E-state index is 12.3. The SMILES string of the molecule is Cc1ccc(NC(=O)C(C)Sc2nnc(Cn3cncn3)o2)cc1C. The Hall–Kier alpha value is -2.68. The number of aromatic nitrogens is 5. The lowest BCUT2D eigenvalue weighted by atomic mass is 10.1. The monoisotopic (exact) mass is 358 g/mol. The van der Waals surface area contributed by atoms with E-state index >= 15 is 0 Å². The van der Waals surface area contributed by atoms with E-state index in [-0.39, 0.29) is 11.2 Å². The van der Waals surface area contributed by atoms with E-state index < -0.39 is 0 Å². The molecule has 0 spiro atoms. The molecule has 8 nitrogen and oxygen atoms in total. The third kappa shape index (κ3) is 4.44. The zero-order chi connectivity index (χ0) is 17.8. The molecule has 0 bridgehead atoms. The molecular formula is C16H18N6O2S. The number of hydrogen-bond donors (Lipinski definition) is 1. The van der Waals surface area contributed by atoms with Gasteiger partial charge in [-0.3, -0.25) is 4.79 Å². The lowest BCUT2D eigenvalue weighted by molar-refractivity contribution is -0.115. The van der Waals surface area contributed by atoms with Crippen LogP contribution in [0.2, 0.25) is 0 Å². The predicted octanol–water partition coefficient (Wildman–Crippen LogP) is 2.45. The highest BCUT2D eigenvalue weighted by Gasteiger charge is 2.18. The molecule has 1 atom stereocenters. The number of thioether (sulfide) groups is 1. The Bertz CT molecular complexity index is 861. The molecule has 0 fully saturated rings. The summed E-state index contributed by atoms with van der Waals surface area (Å²) in [6.45, 7) is 6.18. The van der Waals surface area contributed by atoms with Gasteiger partial charge in [0.05, 0.1) is 5.25 Å². The van der Waals surface area contributed by atoms with E-state index in [1.54, 1.807) is 17.9 Å². The van der Waals surface area contributed by atoms with Gasteiger partial charge >= 0.3 is 0 Å². The highest BCUT2D eigenvalue weighted by molar-refractivity contribution is 8.00. The lowest BCUT2D eigenvalue weighted by Crippen LogP contribution is -2.22. The summed E-state index contributed by atoms with van der Waals surface area (Å²) in [5.41, 5.74) is 3.09. The molecule has 1 aromatic carbocycles. The molecule has 9 heteroatoms. The standard InChI is InChI=1S/C16H18N6O2S/c1-10-4-5-13(6-11(10)2)19-15(23)12(3)25-16-21-20-14(24-16)7-22-9-17-8-18-22/h4-6,8-9,12H,7H2,1-3H3,(H,19,23). The third-order valence-electron chi connectivity index (χ3n) is 3.63. The fourth-order valence-corrected chi connectivity index (χ4v) is 2.77. The second-order valence-corrected chi connectivity index (χ2v) is 6.90. The van der Waals surface area contributed by atoms with Crippen LogP contribution in [0, 0.1) is 13.8 Å². The Labute approximate surface area is 149 Å². The van der Waals surface area contributed by atoms with Gasteiger partial charge in [0, 0.05) is 5.69 Å². The van der Waals surface area contributed by atoms with Crippen molar-refractivity contribution < 1.29 is 9.21 Å². The van der Waals surface area contributed by atoms with Gasteiger partial charge in [0.2, 0.25) is 11.8 Å². The first-order chi connectivity index (χ1) is 12.0. The Balaban J connectivity index is 1.57. The number of nitrogens with zero attached hydrogens (tertiary/aromatic N) is 5. The molecule has 130 valence electrons. The van der Waals surface area contributed by atoms with Crippen LogP contribution in [-0.2, 0) is 11.3 Å². The van der Waals surface area contributed by atoms with Gasteiger partial charge in [-0.25, -0.2) is 9.67 Å². The van der Waals surface area contributed by atoms with E-state index in [0.29, 0.717) is 17.7 Å². The summed E-state index contributed by atoms with van der Waals surface area (Å²) in [7, 11) is 0. The quantitative estimate of drug-likeness (QED) is 0.676. The largest absolute Gasteiger partial charge is 0.414 e. The number of carbonyl (C=O) groups excluding carboxylic acids is 1. The van der Waals surface area contributed by atoms with Crippen LogP contribution in [0.25, 0.3) is 0 Å². The zero-order valence-corrected chi connectivity index (χ0v) is 14.9. The van der Waals surface area contributed by atoms with Gasteiger partial charge < -0.3 is 9.73 Å². The molecule has 0 aliphatic heterocycles. The first-order valence-corrected chi connectivity index (χ1v) is 8.59. The number of nitrogens with one attached hydrogen (secondary N) is 1. The number of hydrogen-bond acceptors (Lipinski definition) is 7. The molecule has 0 saturated heterocycles. The zero-order valence-electron chi connectivity index (χ0n) is 14.1. The second kappa shape index (κ2) is 7.47. The van der Waals surface area contributed by atoms with E-state index in [1.807, 2.05) is 32.0 Å². The molecule has 2 aromatic heterocycles. The average Bonchev–Trinajstić information content (AvgIpc) is 3.23. The van der Waals surface area contributed by atoms with E-state index in [9.17, 15) is 4.79 Å². The normalized spacial score (nSPS) is 12.1. The maximum atomic E-state index is 12.3. The highest BCUT2D eigenvalue weighted by atomic mass is 32.2. The number of benzene rings is 1. The number of rotatable bonds is 6. The maximum Gasteiger partial charge on any atom is 0.277 e. The first-order valence-electron chi connectivity index (χ1n) is 7.71. The van der Waals surface area contributed by atoms with Crippen LogP contribution in [-0.4, -0.2) is 36.1 Å². The van der Waals surface area contributed by atoms with Crippen molar-refractivity contribution in [1.82, 2.24) is 25.0 Å². The summed E-state index contributed by atoms with van der Waals surface area (Å²) in [5, 5.41) is 14.8. The molecular weight excluding hydrogens is 340 g/mol. The summed E-state index contributed by atoms with van der Waals surface area (Å²) < 4.78 is 7.12. The molecule has 3 aromatic rings. The van der Waals surface area contributed by atoms with Crippen LogP contribution in [0.3, 0.4) is 0 Å². The lowest BCUT2D eigenvalue weighted by Gasteiger charge is -2.11. The molecule has 2 heterocycles. The van der Waals surface area contributed by atoms with Gasteiger partial charge in [0.1, 0.15) is 19.2 Å². The molecule has 1 N–H and O–H groups in total. The first kappa shape index (κ1) is 17.2. The van der Waals surface area contributed by atoms with E-state index in [4.69, 9.17) is 4.42 Å². The van der Waals surface area contributed by atoms with Crippen molar-refractivity contribution in [1.29, 1.82) is 0 Å². The number of anilines is 1. The van der Waals surface area contributed by atoms with Crippen LogP contribution in [0.15, 0.2) is 40.5 Å². The fraction of sp³-hybridized carbons (Fsp3) is 0.312. The fourth-order valence-electron chi connectivity index (χ4n) is 2.07. The molecule has 0 aliphatic rings. The number of amides is 1. The molecule has 0 saturated carbocycles. The second-order valence-electron chi connectivity index (χ2n) is 5.60. The van der Waals surface area contributed by atoms with Crippen molar-refractivity contribution in [2.45, 2.75) is 37.8 Å². The number of carbonyl (C=O) groups is 1. The van der Waals surface area contributed by atoms with E-state index in [1.165, 1.54) is 23.7 Å². The summed E-state index contributed by atoms with van der Waals surface area (Å²) in [6.07, 6.45) is 3.00. The average molecular weight is 358 g/mol. The van der Waals surface area contributed by atoms with Gasteiger partial charge in [-0.05, 0) is 44.0 Å². The highest BCUT2D eigenvalue weighted by Crippen LogP contribution is 2.23. The topological polar surface area (TPSA) is 98.7 Å². The van der Waals surface area contributed by atoms with Crippen LogP contribution < -0.4 is 5.32 Å². The molecule has 1 amide bonds. The van der Waals surface area contributed by atoms with E-state index in [2.05, 4.69) is 25.6 Å². The minimum absolute atomic E-state index is 0.121. The van der Waals surface area contributed by atoms with Crippen molar-refractivity contribution >= 4 is 23.4 Å². The Kier molecular flexibility index (Phi) is 5.13. The Morgan fingerprint density at radius 2 is 2.16 bits per heavy atom. The molecule has 1 unspecified atom stereocenters. The third-order valence-corrected chi connectivity index (χ3v) is 4.57. The summed E-state index contributed by atoms with van der Waals surface area (Å²) in [4.78, 5) is 16.2. The van der Waals surface area contributed by atoms with Crippen molar-refractivity contribution in [3.63, 3.8) is 0 Å². The van der Waals surface area contributed by atoms with Gasteiger partial charge in [-0.1, -0.05) is 17.8 Å². The van der Waals surface area contributed by atoms with Gasteiger partial charge in [0.25, 0.3) is 5.22 Å². The minimum Gasteiger partial charge on any atom is -0.414 e. The minimum atomic E-state index is -0.374. The van der Waals surface area contributed by atoms with E-state index in [0.717, 1.165) is 11.3 Å². The van der Waals surface area contributed by atoms with Gasteiger partial charge in [-0.15, -0.1) is 10.2 Å². The summed E-state index contributed by atoms with van der Waals surface area (Å²) in [5.74, 6) is 0.291. The Morgan fingerprint density at radius 3 is 2.88 bits per heavy atom.